The molecule has 6 nitrogen and oxygen atoms in total. The highest BCUT2D eigenvalue weighted by atomic mass is 32.1. The van der Waals surface area contributed by atoms with Crippen LogP contribution in [0.3, 0.4) is 0 Å². The Morgan fingerprint density at radius 3 is 3.00 bits per heavy atom. The van der Waals surface area contributed by atoms with Crippen LogP contribution in [-0.2, 0) is 14.3 Å². The van der Waals surface area contributed by atoms with Gasteiger partial charge in [-0.05, 0) is 6.92 Å². The van der Waals surface area contributed by atoms with E-state index in [4.69, 9.17) is 0 Å². The summed E-state index contributed by atoms with van der Waals surface area (Å²) in [6, 6.07) is 0. The van der Waals surface area contributed by atoms with Crippen LogP contribution in [0.4, 0.5) is 5.13 Å². The fraction of sp³-hybridized carbons (Fsp3) is 0.273. The van der Waals surface area contributed by atoms with E-state index in [1.807, 2.05) is 0 Å². The number of carbonyl (C=O) groups excluding carboxylic acids is 2. The van der Waals surface area contributed by atoms with Crippen LogP contribution in [0, 0.1) is 0 Å². The van der Waals surface area contributed by atoms with Crippen molar-refractivity contribution < 1.29 is 14.3 Å². The standard InChI is InChI=1S/C11H13N3O3S/c1-3-17-10(16)5-4-9(15)14-11-13-7-8(18-11)6-12-2/h4-7H,3H2,1-2H3,(H,13,14,15)/b5-4+,12-6+. The SMILES string of the molecule is CCOC(=O)/C=C/C(=O)Nc1ncc(/C=N/C)s1. The van der Waals surface area contributed by atoms with Gasteiger partial charge in [-0.1, -0.05) is 11.3 Å². The fourth-order valence-corrected chi connectivity index (χ4v) is 1.76. The van der Waals surface area contributed by atoms with Crippen LogP contribution < -0.4 is 5.32 Å². The first kappa shape index (κ1) is 14.0. The zero-order chi connectivity index (χ0) is 13.4. The Hall–Kier alpha value is -2.02. The molecule has 1 heterocycles. The second-order valence-electron chi connectivity index (χ2n) is 3.03. The molecule has 1 rings (SSSR count). The first-order chi connectivity index (χ1) is 8.65. The van der Waals surface area contributed by atoms with Gasteiger partial charge < -0.3 is 4.74 Å². The Bertz CT molecular complexity index is 480. The van der Waals surface area contributed by atoms with Gasteiger partial charge in [0.2, 0.25) is 5.91 Å². The van der Waals surface area contributed by atoms with Crippen molar-refractivity contribution in [3.8, 4) is 0 Å². The van der Waals surface area contributed by atoms with Crippen molar-refractivity contribution in [1.82, 2.24) is 4.98 Å². The topological polar surface area (TPSA) is 80.7 Å². The summed E-state index contributed by atoms with van der Waals surface area (Å²) in [5, 5.41) is 2.98. The lowest BCUT2D eigenvalue weighted by molar-refractivity contribution is -0.137. The number of hydrogen-bond acceptors (Lipinski definition) is 6. The molecule has 0 atom stereocenters. The van der Waals surface area contributed by atoms with Crippen LogP contribution in [-0.4, -0.2) is 36.7 Å². The smallest absolute Gasteiger partial charge is 0.330 e. The van der Waals surface area contributed by atoms with Gasteiger partial charge in [-0.3, -0.25) is 15.1 Å². The van der Waals surface area contributed by atoms with E-state index in [9.17, 15) is 9.59 Å². The molecular formula is C11H13N3O3S. The highest BCUT2D eigenvalue weighted by Gasteiger charge is 2.03. The Morgan fingerprint density at radius 2 is 2.33 bits per heavy atom. The van der Waals surface area contributed by atoms with Gasteiger partial charge in [0.15, 0.2) is 5.13 Å². The van der Waals surface area contributed by atoms with Crippen molar-refractivity contribution in [2.24, 2.45) is 4.99 Å². The van der Waals surface area contributed by atoms with Gasteiger partial charge in [0.05, 0.1) is 11.5 Å². The molecule has 0 aromatic carbocycles. The van der Waals surface area contributed by atoms with Crippen molar-refractivity contribution in [2.75, 3.05) is 19.0 Å². The van der Waals surface area contributed by atoms with Crippen molar-refractivity contribution >= 4 is 34.6 Å². The van der Waals surface area contributed by atoms with Crippen molar-refractivity contribution in [3.63, 3.8) is 0 Å². The zero-order valence-corrected chi connectivity index (χ0v) is 10.9. The summed E-state index contributed by atoms with van der Waals surface area (Å²) in [7, 11) is 1.65. The van der Waals surface area contributed by atoms with E-state index in [0.29, 0.717) is 5.13 Å². The molecule has 0 radical (unpaired) electrons. The predicted octanol–water partition coefficient (Wildman–Crippen LogP) is 1.25. The van der Waals surface area contributed by atoms with E-state index >= 15 is 0 Å². The maximum absolute atomic E-state index is 11.4. The molecule has 1 N–H and O–H groups in total. The highest BCUT2D eigenvalue weighted by molar-refractivity contribution is 7.17. The number of amides is 1. The molecule has 0 aliphatic carbocycles. The van der Waals surface area contributed by atoms with E-state index < -0.39 is 11.9 Å². The minimum absolute atomic E-state index is 0.275. The summed E-state index contributed by atoms with van der Waals surface area (Å²) in [4.78, 5) is 31.0. The number of aliphatic imine (C=N–C) groups is 1. The zero-order valence-electron chi connectivity index (χ0n) is 10.0. The average Bonchev–Trinajstić information content (AvgIpc) is 2.75. The summed E-state index contributed by atoms with van der Waals surface area (Å²) < 4.78 is 4.64. The number of nitrogens with one attached hydrogen (secondary N) is 1. The predicted molar refractivity (Wildman–Crippen MR) is 70.0 cm³/mol. The average molecular weight is 267 g/mol. The van der Waals surface area contributed by atoms with Crippen molar-refractivity contribution in [2.45, 2.75) is 6.92 Å². The molecule has 1 amide bonds. The minimum atomic E-state index is -0.550. The van der Waals surface area contributed by atoms with Crippen LogP contribution in [0.5, 0.6) is 0 Å². The van der Waals surface area contributed by atoms with E-state index in [1.54, 1.807) is 26.4 Å². The summed E-state index contributed by atoms with van der Waals surface area (Å²) in [5.41, 5.74) is 0. The Kier molecular flexibility index (Phi) is 5.72. The number of ether oxygens (including phenoxy) is 1. The van der Waals surface area contributed by atoms with Crippen LogP contribution in [0.1, 0.15) is 11.8 Å². The van der Waals surface area contributed by atoms with E-state index in [0.717, 1.165) is 17.0 Å². The summed E-state index contributed by atoms with van der Waals surface area (Å²) in [5.74, 6) is -0.983. The lowest BCUT2D eigenvalue weighted by Gasteiger charge is -1.96. The number of hydrogen-bond donors (Lipinski definition) is 1. The number of carbonyl (C=O) groups is 2. The maximum Gasteiger partial charge on any atom is 0.330 e. The molecule has 0 bridgehead atoms. The molecule has 0 saturated carbocycles. The van der Waals surface area contributed by atoms with Gasteiger partial charge in [0, 0.05) is 31.6 Å². The fourth-order valence-electron chi connectivity index (χ4n) is 1.01. The molecule has 96 valence electrons. The summed E-state index contributed by atoms with van der Waals surface area (Å²) >= 11 is 1.29. The Labute approximate surface area is 108 Å². The summed E-state index contributed by atoms with van der Waals surface area (Å²) in [6.45, 7) is 1.97. The number of thiazole rings is 1. The van der Waals surface area contributed by atoms with Crippen LogP contribution in [0.25, 0.3) is 0 Å². The van der Waals surface area contributed by atoms with Gasteiger partial charge in [-0.15, -0.1) is 0 Å². The van der Waals surface area contributed by atoms with Gasteiger partial charge in [0.1, 0.15) is 0 Å². The quantitative estimate of drug-likeness (QED) is 0.494. The maximum atomic E-state index is 11.4. The normalized spacial score (nSPS) is 11.0. The second-order valence-corrected chi connectivity index (χ2v) is 4.09. The van der Waals surface area contributed by atoms with E-state index in [2.05, 4.69) is 20.0 Å². The van der Waals surface area contributed by atoms with Gasteiger partial charge >= 0.3 is 5.97 Å². The second kappa shape index (κ2) is 7.33. The van der Waals surface area contributed by atoms with Gasteiger partial charge in [0.25, 0.3) is 0 Å². The monoisotopic (exact) mass is 267 g/mol. The van der Waals surface area contributed by atoms with E-state index in [-0.39, 0.29) is 6.61 Å². The third-order valence-electron chi connectivity index (χ3n) is 1.67. The van der Waals surface area contributed by atoms with Gasteiger partial charge in [-0.2, -0.15) is 0 Å². The Balaban J connectivity index is 2.51. The molecule has 18 heavy (non-hydrogen) atoms. The molecule has 7 heteroatoms. The third kappa shape index (κ3) is 4.88. The number of nitrogens with zero attached hydrogens (tertiary/aromatic N) is 2. The largest absolute Gasteiger partial charge is 0.463 e. The minimum Gasteiger partial charge on any atom is -0.463 e. The lowest BCUT2D eigenvalue weighted by Crippen LogP contribution is -2.09. The molecule has 0 spiro atoms. The highest BCUT2D eigenvalue weighted by Crippen LogP contribution is 2.15. The van der Waals surface area contributed by atoms with Crippen molar-refractivity contribution in [3.05, 3.63) is 23.2 Å². The van der Waals surface area contributed by atoms with Crippen LogP contribution >= 0.6 is 11.3 Å². The number of anilines is 1. The molecule has 0 unspecified atom stereocenters. The Morgan fingerprint density at radius 1 is 1.56 bits per heavy atom. The molecule has 0 saturated heterocycles. The third-order valence-corrected chi connectivity index (χ3v) is 2.51. The lowest BCUT2D eigenvalue weighted by atomic mass is 10.5. The van der Waals surface area contributed by atoms with Crippen molar-refractivity contribution in [1.29, 1.82) is 0 Å². The first-order valence-corrected chi connectivity index (χ1v) is 6.01. The molecule has 0 fully saturated rings. The molecule has 1 aromatic heterocycles. The number of aromatic nitrogens is 1. The molecule has 1 aromatic rings. The molecule has 0 aliphatic rings. The summed E-state index contributed by atoms with van der Waals surface area (Å²) in [6.07, 6.45) is 5.41. The van der Waals surface area contributed by atoms with E-state index in [1.165, 1.54) is 11.3 Å². The first-order valence-electron chi connectivity index (χ1n) is 5.19. The van der Waals surface area contributed by atoms with Crippen LogP contribution in [0.15, 0.2) is 23.3 Å². The van der Waals surface area contributed by atoms with Crippen LogP contribution in [0.2, 0.25) is 0 Å². The molecule has 0 aliphatic heterocycles. The number of esters is 1. The number of rotatable bonds is 5. The van der Waals surface area contributed by atoms with Gasteiger partial charge in [-0.25, -0.2) is 9.78 Å². The molecular weight excluding hydrogens is 254 g/mol.